The first-order valence-electron chi connectivity index (χ1n) is 7.25. The van der Waals surface area contributed by atoms with Gasteiger partial charge in [0.25, 0.3) is 0 Å². The fraction of sp³-hybridized carbons (Fsp3) is 0.353. The molecule has 1 aliphatic heterocycles. The number of nitrogens with zero attached hydrogens (tertiary/aromatic N) is 2. The SMILES string of the molecule is CC1Cc2ccccc2N(C(CN)c2ccccn2)C1. The number of hydrogen-bond acceptors (Lipinski definition) is 3. The number of anilines is 1. The van der Waals surface area contributed by atoms with Gasteiger partial charge in [-0.3, -0.25) is 4.98 Å². The molecule has 2 atom stereocenters. The molecule has 0 fully saturated rings. The van der Waals surface area contributed by atoms with Gasteiger partial charge in [0.15, 0.2) is 0 Å². The van der Waals surface area contributed by atoms with E-state index >= 15 is 0 Å². The smallest absolute Gasteiger partial charge is 0.0835 e. The predicted octanol–water partition coefficient (Wildman–Crippen LogP) is 2.78. The van der Waals surface area contributed by atoms with Gasteiger partial charge >= 0.3 is 0 Å². The van der Waals surface area contributed by atoms with E-state index in [1.807, 2.05) is 18.3 Å². The van der Waals surface area contributed by atoms with E-state index in [2.05, 4.69) is 47.1 Å². The lowest BCUT2D eigenvalue weighted by Crippen LogP contribution is -2.40. The third-order valence-corrected chi connectivity index (χ3v) is 4.01. The first-order chi connectivity index (χ1) is 9.79. The number of benzene rings is 1. The summed E-state index contributed by atoms with van der Waals surface area (Å²) in [6, 6.07) is 14.9. The van der Waals surface area contributed by atoms with Gasteiger partial charge in [0, 0.05) is 25.0 Å². The molecule has 0 saturated carbocycles. The summed E-state index contributed by atoms with van der Waals surface area (Å²) in [4.78, 5) is 6.92. The summed E-state index contributed by atoms with van der Waals surface area (Å²) in [5.41, 5.74) is 9.84. The van der Waals surface area contributed by atoms with Gasteiger partial charge in [-0.1, -0.05) is 31.2 Å². The Labute approximate surface area is 120 Å². The Balaban J connectivity index is 2.00. The van der Waals surface area contributed by atoms with E-state index in [9.17, 15) is 0 Å². The summed E-state index contributed by atoms with van der Waals surface area (Å²) in [5, 5.41) is 0. The highest BCUT2D eigenvalue weighted by atomic mass is 15.2. The Bertz CT molecular complexity index is 567. The molecule has 1 aromatic heterocycles. The Morgan fingerprint density at radius 1 is 1.25 bits per heavy atom. The maximum Gasteiger partial charge on any atom is 0.0835 e. The summed E-state index contributed by atoms with van der Waals surface area (Å²) in [6.07, 6.45) is 2.99. The standard InChI is InChI=1S/C17H21N3/c1-13-10-14-6-2-3-8-16(14)20(12-13)17(11-18)15-7-4-5-9-19-15/h2-9,13,17H,10-12,18H2,1H3. The summed E-state index contributed by atoms with van der Waals surface area (Å²) < 4.78 is 0. The fourth-order valence-corrected chi connectivity index (χ4v) is 3.11. The van der Waals surface area contributed by atoms with E-state index in [4.69, 9.17) is 5.73 Å². The zero-order valence-corrected chi connectivity index (χ0v) is 11.9. The minimum Gasteiger partial charge on any atom is -0.361 e. The molecule has 0 aliphatic carbocycles. The molecule has 2 N–H and O–H groups in total. The van der Waals surface area contributed by atoms with Crippen LogP contribution in [0.4, 0.5) is 5.69 Å². The van der Waals surface area contributed by atoms with E-state index in [-0.39, 0.29) is 6.04 Å². The van der Waals surface area contributed by atoms with Gasteiger partial charge in [0.1, 0.15) is 0 Å². The third kappa shape index (κ3) is 2.41. The highest BCUT2D eigenvalue weighted by molar-refractivity contribution is 5.57. The number of nitrogens with two attached hydrogens (primary N) is 1. The minimum absolute atomic E-state index is 0.153. The van der Waals surface area contributed by atoms with Crippen molar-refractivity contribution in [3.63, 3.8) is 0 Å². The van der Waals surface area contributed by atoms with Crippen LogP contribution in [0.5, 0.6) is 0 Å². The van der Waals surface area contributed by atoms with E-state index in [0.29, 0.717) is 12.5 Å². The van der Waals surface area contributed by atoms with Gasteiger partial charge in [-0.25, -0.2) is 0 Å². The van der Waals surface area contributed by atoms with Crippen molar-refractivity contribution >= 4 is 5.69 Å². The van der Waals surface area contributed by atoms with Crippen molar-refractivity contribution < 1.29 is 0 Å². The zero-order chi connectivity index (χ0) is 13.9. The van der Waals surface area contributed by atoms with Gasteiger partial charge in [0.05, 0.1) is 11.7 Å². The van der Waals surface area contributed by atoms with Crippen molar-refractivity contribution in [1.29, 1.82) is 0 Å². The highest BCUT2D eigenvalue weighted by Gasteiger charge is 2.28. The molecule has 3 nitrogen and oxygen atoms in total. The lowest BCUT2D eigenvalue weighted by Gasteiger charge is -2.39. The van der Waals surface area contributed by atoms with Crippen LogP contribution in [0.1, 0.15) is 24.2 Å². The normalized spacial score (nSPS) is 19.5. The maximum atomic E-state index is 6.06. The molecular weight excluding hydrogens is 246 g/mol. The summed E-state index contributed by atoms with van der Waals surface area (Å²) >= 11 is 0. The molecule has 1 aliphatic rings. The van der Waals surface area contributed by atoms with E-state index in [1.165, 1.54) is 11.3 Å². The molecule has 0 bridgehead atoms. The lowest BCUT2D eigenvalue weighted by atomic mass is 9.92. The first-order valence-corrected chi connectivity index (χ1v) is 7.25. The number of rotatable bonds is 3. The molecule has 0 spiro atoms. The molecule has 0 radical (unpaired) electrons. The summed E-state index contributed by atoms with van der Waals surface area (Å²) in [5.74, 6) is 0.641. The van der Waals surface area contributed by atoms with Crippen molar-refractivity contribution in [3.8, 4) is 0 Å². The third-order valence-electron chi connectivity index (χ3n) is 4.01. The van der Waals surface area contributed by atoms with Crippen molar-refractivity contribution in [2.24, 2.45) is 11.7 Å². The molecule has 3 heteroatoms. The largest absolute Gasteiger partial charge is 0.361 e. The van der Waals surface area contributed by atoms with Crippen LogP contribution in [0, 0.1) is 5.92 Å². The van der Waals surface area contributed by atoms with Gasteiger partial charge in [-0.2, -0.15) is 0 Å². The van der Waals surface area contributed by atoms with E-state index in [1.54, 1.807) is 0 Å². The van der Waals surface area contributed by atoms with Crippen LogP contribution >= 0.6 is 0 Å². The van der Waals surface area contributed by atoms with Crippen molar-refractivity contribution in [2.75, 3.05) is 18.0 Å². The maximum absolute atomic E-state index is 6.06. The second-order valence-electron chi connectivity index (χ2n) is 5.60. The molecule has 104 valence electrons. The van der Waals surface area contributed by atoms with Crippen LogP contribution < -0.4 is 10.6 Å². The molecule has 20 heavy (non-hydrogen) atoms. The molecule has 2 aromatic rings. The second kappa shape index (κ2) is 5.63. The van der Waals surface area contributed by atoms with Gasteiger partial charge in [0.2, 0.25) is 0 Å². The summed E-state index contributed by atoms with van der Waals surface area (Å²) in [7, 11) is 0. The quantitative estimate of drug-likeness (QED) is 0.930. The average molecular weight is 267 g/mol. The van der Waals surface area contributed by atoms with Crippen molar-refractivity contribution in [1.82, 2.24) is 4.98 Å². The van der Waals surface area contributed by atoms with Crippen LogP contribution in [0.25, 0.3) is 0 Å². The zero-order valence-electron chi connectivity index (χ0n) is 11.9. The molecule has 0 amide bonds. The van der Waals surface area contributed by atoms with E-state index in [0.717, 1.165) is 18.7 Å². The Morgan fingerprint density at radius 3 is 2.80 bits per heavy atom. The lowest BCUT2D eigenvalue weighted by molar-refractivity contribution is 0.485. The van der Waals surface area contributed by atoms with Crippen LogP contribution in [0.15, 0.2) is 48.7 Å². The monoisotopic (exact) mass is 267 g/mol. The van der Waals surface area contributed by atoms with Crippen molar-refractivity contribution in [3.05, 3.63) is 59.9 Å². The average Bonchev–Trinajstić information content (AvgIpc) is 2.49. The number of para-hydroxylation sites is 1. The Hall–Kier alpha value is -1.87. The molecule has 2 heterocycles. The molecule has 3 rings (SSSR count). The predicted molar refractivity (Wildman–Crippen MR) is 82.7 cm³/mol. The van der Waals surface area contributed by atoms with Crippen LogP contribution in [-0.2, 0) is 6.42 Å². The first kappa shape index (κ1) is 13.1. The minimum atomic E-state index is 0.153. The van der Waals surface area contributed by atoms with Gasteiger partial charge in [-0.05, 0) is 36.1 Å². The van der Waals surface area contributed by atoms with Crippen molar-refractivity contribution in [2.45, 2.75) is 19.4 Å². The number of aromatic nitrogens is 1. The van der Waals surface area contributed by atoms with Gasteiger partial charge < -0.3 is 10.6 Å². The molecular formula is C17H21N3. The molecule has 0 saturated heterocycles. The topological polar surface area (TPSA) is 42.1 Å². The second-order valence-corrected chi connectivity index (χ2v) is 5.60. The fourth-order valence-electron chi connectivity index (χ4n) is 3.11. The van der Waals surface area contributed by atoms with E-state index < -0.39 is 0 Å². The van der Waals surface area contributed by atoms with Crippen LogP contribution in [-0.4, -0.2) is 18.1 Å². The molecule has 2 unspecified atom stereocenters. The molecule has 1 aromatic carbocycles. The number of pyridine rings is 1. The Morgan fingerprint density at radius 2 is 2.05 bits per heavy atom. The van der Waals surface area contributed by atoms with Gasteiger partial charge in [-0.15, -0.1) is 0 Å². The van der Waals surface area contributed by atoms with Crippen LogP contribution in [0.2, 0.25) is 0 Å². The van der Waals surface area contributed by atoms with Crippen LogP contribution in [0.3, 0.4) is 0 Å². The summed E-state index contributed by atoms with van der Waals surface area (Å²) in [6.45, 7) is 3.92. The highest BCUT2D eigenvalue weighted by Crippen LogP contribution is 2.34. The number of hydrogen-bond donors (Lipinski definition) is 1. The number of fused-ring (bicyclic) bond motifs is 1. The Kier molecular flexibility index (Phi) is 3.70.